The molecule has 4 nitrogen and oxygen atoms in total. The molecule has 0 spiro atoms. The lowest BCUT2D eigenvalue weighted by Crippen LogP contribution is -2.63. The van der Waals surface area contributed by atoms with Crippen LogP contribution in [0, 0.1) is 45.8 Å². The number of ether oxygens (including phenoxy) is 1. The minimum Gasteiger partial charge on any atom is -0.481 e. The van der Waals surface area contributed by atoms with Crippen LogP contribution in [0.2, 0.25) is 0 Å². The zero-order valence-corrected chi connectivity index (χ0v) is 21.4. The van der Waals surface area contributed by atoms with Gasteiger partial charge in [-0.2, -0.15) is 0 Å². The standard InChI is InChI=1S/C29H46O4/c1-5-6-7-8-9-10-11-14-33-19-28-17-23-21(4)12-13-24(23)27(18-30)16-22(28)15-25(20(2)3)29(27,28)26(31)32/h15,18,20-24H,5-14,16-17,19H2,1-4H3,(H,31,32). The molecule has 33 heavy (non-hydrogen) atoms. The normalized spacial score (nSPS) is 40.8. The van der Waals surface area contributed by atoms with Gasteiger partial charge < -0.3 is 14.6 Å². The molecule has 4 rings (SSSR count). The van der Waals surface area contributed by atoms with Crippen molar-refractivity contribution in [2.24, 2.45) is 45.8 Å². The summed E-state index contributed by atoms with van der Waals surface area (Å²) in [6, 6.07) is 0. The lowest BCUT2D eigenvalue weighted by molar-refractivity contribution is -0.186. The lowest BCUT2D eigenvalue weighted by Gasteiger charge is -2.58. The number of carboxylic acid groups (broad SMARTS) is 1. The molecule has 3 fully saturated rings. The van der Waals surface area contributed by atoms with Gasteiger partial charge in [0.25, 0.3) is 0 Å². The Kier molecular flexibility index (Phi) is 7.16. The highest BCUT2D eigenvalue weighted by molar-refractivity contribution is 5.90. The molecule has 4 aliphatic rings. The molecule has 3 saturated carbocycles. The molecule has 1 N–H and O–H groups in total. The van der Waals surface area contributed by atoms with Crippen LogP contribution in [0.25, 0.3) is 0 Å². The van der Waals surface area contributed by atoms with Crippen molar-refractivity contribution >= 4 is 12.3 Å². The first kappa shape index (κ1) is 24.9. The molecule has 4 heteroatoms. The quantitative estimate of drug-likeness (QED) is 0.190. The number of hydrogen-bond acceptors (Lipinski definition) is 3. The second-order valence-corrected chi connectivity index (χ2v) is 12.2. The Morgan fingerprint density at radius 2 is 1.85 bits per heavy atom. The molecule has 0 radical (unpaired) electrons. The molecular weight excluding hydrogens is 412 g/mol. The molecule has 0 heterocycles. The average molecular weight is 459 g/mol. The highest BCUT2D eigenvalue weighted by atomic mass is 16.5. The number of fused-ring (bicyclic) bond motifs is 2. The Morgan fingerprint density at radius 3 is 2.48 bits per heavy atom. The van der Waals surface area contributed by atoms with Gasteiger partial charge in [0.15, 0.2) is 0 Å². The van der Waals surface area contributed by atoms with Gasteiger partial charge in [0.1, 0.15) is 11.7 Å². The summed E-state index contributed by atoms with van der Waals surface area (Å²) in [5.74, 6) is 0.696. The minimum absolute atomic E-state index is 0.128. The maximum Gasteiger partial charge on any atom is 0.315 e. The number of carbonyl (C=O) groups is 2. The summed E-state index contributed by atoms with van der Waals surface area (Å²) in [5, 5.41) is 11.0. The maximum absolute atomic E-state index is 13.4. The van der Waals surface area contributed by atoms with E-state index in [2.05, 4.69) is 33.8 Å². The fraction of sp³-hybridized carbons (Fsp3) is 0.862. The van der Waals surface area contributed by atoms with Crippen molar-refractivity contribution in [1.82, 2.24) is 0 Å². The molecule has 4 aliphatic carbocycles. The fourth-order valence-corrected chi connectivity index (χ4v) is 9.05. The summed E-state index contributed by atoms with van der Waals surface area (Å²) in [6.07, 6.45) is 15.8. The van der Waals surface area contributed by atoms with Crippen LogP contribution < -0.4 is 0 Å². The zero-order chi connectivity index (χ0) is 23.9. The Hall–Kier alpha value is -1.16. The van der Waals surface area contributed by atoms with Gasteiger partial charge in [-0.05, 0) is 55.3 Å². The van der Waals surface area contributed by atoms with Gasteiger partial charge in [-0.1, -0.05) is 84.3 Å². The van der Waals surface area contributed by atoms with Crippen LogP contribution in [0.5, 0.6) is 0 Å². The second-order valence-electron chi connectivity index (χ2n) is 12.2. The third-order valence-corrected chi connectivity index (χ3v) is 10.4. The molecule has 0 aromatic rings. The smallest absolute Gasteiger partial charge is 0.315 e. The molecular formula is C29H46O4. The summed E-state index contributed by atoms with van der Waals surface area (Å²) in [7, 11) is 0. The van der Waals surface area contributed by atoms with Crippen molar-refractivity contribution in [3.05, 3.63) is 11.6 Å². The summed E-state index contributed by atoms with van der Waals surface area (Å²) in [5.41, 5.74) is -1.32. The summed E-state index contributed by atoms with van der Waals surface area (Å²) >= 11 is 0. The average Bonchev–Trinajstić information content (AvgIpc) is 3.35. The second kappa shape index (κ2) is 9.47. The van der Waals surface area contributed by atoms with Gasteiger partial charge in [0, 0.05) is 12.0 Å². The number of hydrogen-bond donors (Lipinski definition) is 1. The van der Waals surface area contributed by atoms with Crippen LogP contribution in [0.15, 0.2) is 11.6 Å². The highest BCUT2D eigenvalue weighted by Crippen LogP contribution is 2.82. The van der Waals surface area contributed by atoms with E-state index in [9.17, 15) is 14.7 Å². The summed E-state index contributed by atoms with van der Waals surface area (Å²) in [4.78, 5) is 26.3. The number of allylic oxidation sites excluding steroid dienone is 1. The molecule has 0 aliphatic heterocycles. The van der Waals surface area contributed by atoms with Crippen LogP contribution >= 0.6 is 0 Å². The fourth-order valence-electron chi connectivity index (χ4n) is 9.05. The van der Waals surface area contributed by atoms with E-state index >= 15 is 0 Å². The van der Waals surface area contributed by atoms with Gasteiger partial charge in [0.2, 0.25) is 0 Å². The Balaban J connectivity index is 1.57. The van der Waals surface area contributed by atoms with E-state index in [-0.39, 0.29) is 17.8 Å². The Bertz CT molecular complexity index is 772. The van der Waals surface area contributed by atoms with E-state index in [4.69, 9.17) is 4.74 Å². The number of carbonyl (C=O) groups excluding carboxylic acids is 1. The molecule has 0 aromatic heterocycles. The van der Waals surface area contributed by atoms with Gasteiger partial charge in [-0.25, -0.2) is 0 Å². The predicted molar refractivity (Wildman–Crippen MR) is 131 cm³/mol. The maximum atomic E-state index is 13.4. The van der Waals surface area contributed by atoms with Crippen LogP contribution in [0.3, 0.4) is 0 Å². The van der Waals surface area contributed by atoms with Crippen molar-refractivity contribution in [2.75, 3.05) is 13.2 Å². The van der Waals surface area contributed by atoms with Crippen molar-refractivity contribution < 1.29 is 19.4 Å². The topological polar surface area (TPSA) is 63.6 Å². The van der Waals surface area contributed by atoms with Crippen molar-refractivity contribution in [1.29, 1.82) is 0 Å². The van der Waals surface area contributed by atoms with E-state index in [0.717, 1.165) is 37.5 Å². The summed E-state index contributed by atoms with van der Waals surface area (Å²) in [6.45, 7) is 9.95. The van der Waals surface area contributed by atoms with E-state index in [1.54, 1.807) is 0 Å². The number of unbranched alkanes of at least 4 members (excludes halogenated alkanes) is 6. The van der Waals surface area contributed by atoms with Crippen molar-refractivity contribution in [3.63, 3.8) is 0 Å². The van der Waals surface area contributed by atoms with Crippen LogP contribution in [0.1, 0.15) is 98.3 Å². The minimum atomic E-state index is -1.09. The van der Waals surface area contributed by atoms with Gasteiger partial charge in [-0.3, -0.25) is 4.79 Å². The lowest BCUT2D eigenvalue weighted by atomic mass is 9.43. The Labute approximate surface area is 200 Å². The van der Waals surface area contributed by atoms with E-state index in [1.807, 2.05) is 0 Å². The number of carboxylic acids is 1. The number of rotatable bonds is 13. The number of aliphatic carboxylic acids is 1. The molecule has 0 amide bonds. The van der Waals surface area contributed by atoms with Crippen molar-refractivity contribution in [2.45, 2.75) is 98.3 Å². The van der Waals surface area contributed by atoms with Crippen LogP contribution in [-0.4, -0.2) is 30.6 Å². The predicted octanol–water partition coefficient (Wildman–Crippen LogP) is 6.68. The van der Waals surface area contributed by atoms with E-state index < -0.39 is 22.2 Å². The molecule has 4 bridgehead atoms. The highest BCUT2D eigenvalue weighted by Gasteiger charge is 2.84. The summed E-state index contributed by atoms with van der Waals surface area (Å²) < 4.78 is 6.37. The third-order valence-electron chi connectivity index (χ3n) is 10.4. The van der Waals surface area contributed by atoms with Gasteiger partial charge in [0.05, 0.1) is 12.0 Å². The monoisotopic (exact) mass is 458 g/mol. The number of aldehydes is 1. The molecule has 0 aromatic carbocycles. The van der Waals surface area contributed by atoms with E-state index in [0.29, 0.717) is 31.5 Å². The van der Waals surface area contributed by atoms with E-state index in [1.165, 1.54) is 38.5 Å². The molecule has 7 unspecified atom stereocenters. The van der Waals surface area contributed by atoms with Gasteiger partial charge >= 0.3 is 5.97 Å². The SMILES string of the molecule is CCCCCCCCCOCC12CC3C(C)CCC3C3(C=O)CC1C=C(C(C)C)C32C(=O)O. The molecule has 186 valence electrons. The first-order valence-electron chi connectivity index (χ1n) is 13.8. The first-order valence-corrected chi connectivity index (χ1v) is 13.8. The molecule has 0 saturated heterocycles. The van der Waals surface area contributed by atoms with Crippen LogP contribution in [0.4, 0.5) is 0 Å². The third kappa shape index (κ3) is 3.40. The van der Waals surface area contributed by atoms with Crippen molar-refractivity contribution in [3.8, 4) is 0 Å². The molecule has 7 atom stereocenters. The van der Waals surface area contributed by atoms with Crippen LogP contribution in [-0.2, 0) is 14.3 Å². The Morgan fingerprint density at radius 1 is 1.15 bits per heavy atom. The largest absolute Gasteiger partial charge is 0.481 e. The van der Waals surface area contributed by atoms with Gasteiger partial charge in [-0.15, -0.1) is 0 Å². The first-order chi connectivity index (χ1) is 15.8. The zero-order valence-electron chi connectivity index (χ0n) is 21.4.